The summed E-state index contributed by atoms with van der Waals surface area (Å²) in [4.78, 5) is 24.3. The first-order chi connectivity index (χ1) is 16.6. The Morgan fingerprint density at radius 3 is 2.60 bits per heavy atom. The number of nitrogens with zero attached hydrogens (tertiary/aromatic N) is 3. The minimum Gasteiger partial charge on any atom is -0.491 e. The lowest BCUT2D eigenvalue weighted by Crippen LogP contribution is -2.29. The van der Waals surface area contributed by atoms with Crippen LogP contribution in [0.1, 0.15) is 18.7 Å². The van der Waals surface area contributed by atoms with Crippen LogP contribution >= 0.6 is 0 Å². The summed E-state index contributed by atoms with van der Waals surface area (Å²) < 4.78 is 64.1. The molecule has 0 aliphatic heterocycles. The number of benzene rings is 1. The van der Waals surface area contributed by atoms with Crippen LogP contribution in [0.2, 0.25) is 0 Å². The zero-order chi connectivity index (χ0) is 25.3. The molecule has 0 saturated heterocycles. The van der Waals surface area contributed by atoms with Crippen LogP contribution in [0.5, 0.6) is 11.6 Å². The second kappa shape index (κ2) is 9.45. The van der Waals surface area contributed by atoms with Crippen LogP contribution in [0.15, 0.2) is 47.4 Å². The first kappa shape index (κ1) is 24.3. The zero-order valence-electron chi connectivity index (χ0n) is 19.1. The predicted molar refractivity (Wildman–Crippen MR) is 126 cm³/mol. The van der Waals surface area contributed by atoms with Gasteiger partial charge in [-0.15, -0.1) is 0 Å². The highest BCUT2D eigenvalue weighted by molar-refractivity contribution is 7.90. The van der Waals surface area contributed by atoms with Crippen molar-refractivity contribution in [2.75, 3.05) is 25.7 Å². The van der Waals surface area contributed by atoms with E-state index in [0.717, 1.165) is 18.4 Å². The lowest BCUT2D eigenvalue weighted by Gasteiger charge is -2.19. The van der Waals surface area contributed by atoms with E-state index in [1.165, 1.54) is 30.0 Å². The molecule has 35 heavy (non-hydrogen) atoms. The molecule has 1 unspecified atom stereocenters. The molecule has 184 valence electrons. The van der Waals surface area contributed by atoms with Gasteiger partial charge >= 0.3 is 5.69 Å². The van der Waals surface area contributed by atoms with Crippen molar-refractivity contribution in [2.45, 2.75) is 13.0 Å². The van der Waals surface area contributed by atoms with Gasteiger partial charge in [0.05, 0.1) is 36.7 Å². The number of halogens is 2. The van der Waals surface area contributed by atoms with Crippen LogP contribution in [-0.4, -0.2) is 53.7 Å². The molecule has 3 aromatic heterocycles. The number of sulfone groups is 1. The summed E-state index contributed by atoms with van der Waals surface area (Å²) >= 11 is 0. The summed E-state index contributed by atoms with van der Waals surface area (Å²) in [5.41, 5.74) is 0.412. The number of aromatic nitrogens is 4. The number of pyridine rings is 2. The highest BCUT2D eigenvalue weighted by Crippen LogP contribution is 2.30. The van der Waals surface area contributed by atoms with Crippen molar-refractivity contribution >= 4 is 21.0 Å². The Morgan fingerprint density at radius 1 is 1.17 bits per heavy atom. The lowest BCUT2D eigenvalue weighted by atomic mass is 10.1. The van der Waals surface area contributed by atoms with Gasteiger partial charge in [0.2, 0.25) is 0 Å². The summed E-state index contributed by atoms with van der Waals surface area (Å²) in [5, 5.41) is 0. The number of imidazole rings is 1. The maximum Gasteiger partial charge on any atom is 0.328 e. The molecule has 3 heterocycles. The molecule has 0 aliphatic rings. The summed E-state index contributed by atoms with van der Waals surface area (Å²) in [5.74, 6) is -1.44. The Bertz CT molecular complexity index is 1570. The number of hydrogen-bond acceptors (Lipinski definition) is 7. The minimum atomic E-state index is -3.58. The number of rotatable bonds is 8. The van der Waals surface area contributed by atoms with E-state index in [0.29, 0.717) is 17.9 Å². The average Bonchev–Trinajstić information content (AvgIpc) is 3.11. The number of ether oxygens (including phenoxy) is 2. The Morgan fingerprint density at radius 2 is 1.94 bits per heavy atom. The van der Waals surface area contributed by atoms with Gasteiger partial charge in [-0.05, 0) is 37.3 Å². The number of nitrogens with one attached hydrogen (secondary N) is 1. The normalized spacial score (nSPS) is 12.6. The van der Waals surface area contributed by atoms with Crippen LogP contribution < -0.4 is 15.2 Å². The summed E-state index contributed by atoms with van der Waals surface area (Å²) in [6.07, 6.45) is 2.38. The molecule has 0 saturated carbocycles. The van der Waals surface area contributed by atoms with Crippen LogP contribution in [0.25, 0.3) is 22.3 Å². The third kappa shape index (κ3) is 5.02. The number of H-pyrrole nitrogens is 1. The second-order valence-corrected chi connectivity index (χ2v) is 9.99. The van der Waals surface area contributed by atoms with E-state index in [4.69, 9.17) is 9.47 Å². The maximum absolute atomic E-state index is 14.3. The fourth-order valence-corrected chi connectivity index (χ4v) is 4.67. The first-order valence-corrected chi connectivity index (χ1v) is 12.6. The van der Waals surface area contributed by atoms with E-state index in [9.17, 15) is 22.0 Å². The number of methoxy groups -OCH3 is 1. The van der Waals surface area contributed by atoms with Crippen LogP contribution in [-0.2, 0) is 9.84 Å². The molecule has 4 aromatic rings. The SMILES string of the molecule is CCOc1nc(C(CS(C)(=O)=O)n2c(=O)[nH]c3cc(-c4ccc(F)cc4F)cnc32)ccc1OC. The molecule has 0 bridgehead atoms. The second-order valence-electron chi connectivity index (χ2n) is 7.80. The van der Waals surface area contributed by atoms with Crippen molar-refractivity contribution in [3.63, 3.8) is 0 Å². The van der Waals surface area contributed by atoms with E-state index in [-0.39, 0.29) is 28.3 Å². The van der Waals surface area contributed by atoms with Gasteiger partial charge in [-0.1, -0.05) is 0 Å². The summed E-state index contributed by atoms with van der Waals surface area (Å²) in [7, 11) is -2.14. The third-order valence-electron chi connectivity index (χ3n) is 5.26. The predicted octanol–water partition coefficient (Wildman–Crippen LogP) is 3.11. The number of aromatic amines is 1. The fourth-order valence-electron chi connectivity index (χ4n) is 3.78. The monoisotopic (exact) mass is 504 g/mol. The molecule has 0 spiro atoms. The largest absolute Gasteiger partial charge is 0.491 e. The Hall–Kier alpha value is -3.80. The van der Waals surface area contributed by atoms with Crippen molar-refractivity contribution in [2.24, 2.45) is 0 Å². The van der Waals surface area contributed by atoms with E-state index < -0.39 is 39.0 Å². The van der Waals surface area contributed by atoms with E-state index in [1.54, 1.807) is 19.1 Å². The fraction of sp³-hybridized carbons (Fsp3) is 0.261. The van der Waals surface area contributed by atoms with Crippen LogP contribution in [0.3, 0.4) is 0 Å². The standard InChI is InChI=1S/C23H22F2N4O5S/c1-4-34-22-20(33-2)8-7-17(27-22)19(12-35(3,31)32)29-21-18(28-23(29)30)9-13(11-26-21)15-6-5-14(24)10-16(15)25/h5-11,19H,4,12H2,1-3H3,(H,28,30). The molecule has 9 nitrogen and oxygen atoms in total. The van der Waals surface area contributed by atoms with E-state index >= 15 is 0 Å². The molecule has 1 aromatic carbocycles. The molecular formula is C23H22F2N4O5S. The molecule has 4 rings (SSSR count). The lowest BCUT2D eigenvalue weighted by molar-refractivity contribution is 0.296. The highest BCUT2D eigenvalue weighted by atomic mass is 32.2. The van der Waals surface area contributed by atoms with Crippen molar-refractivity contribution < 1.29 is 26.7 Å². The minimum absolute atomic E-state index is 0.0975. The van der Waals surface area contributed by atoms with Gasteiger partial charge in [0.25, 0.3) is 5.88 Å². The van der Waals surface area contributed by atoms with Gasteiger partial charge in [0, 0.05) is 29.6 Å². The average molecular weight is 505 g/mol. The van der Waals surface area contributed by atoms with Gasteiger partial charge in [-0.2, -0.15) is 0 Å². The molecule has 0 radical (unpaired) electrons. The summed E-state index contributed by atoms with van der Waals surface area (Å²) in [6.45, 7) is 2.05. The Balaban J connectivity index is 1.88. The van der Waals surface area contributed by atoms with Gasteiger partial charge in [-0.25, -0.2) is 32.0 Å². The molecule has 0 fully saturated rings. The molecule has 12 heteroatoms. The number of fused-ring (bicyclic) bond motifs is 1. The van der Waals surface area contributed by atoms with E-state index in [1.807, 2.05) is 0 Å². The maximum atomic E-state index is 14.3. The van der Waals surface area contributed by atoms with Gasteiger partial charge in [0.15, 0.2) is 11.4 Å². The zero-order valence-corrected chi connectivity index (χ0v) is 19.9. The van der Waals surface area contributed by atoms with Crippen LogP contribution in [0.4, 0.5) is 8.78 Å². The molecule has 0 aliphatic carbocycles. The van der Waals surface area contributed by atoms with Gasteiger partial charge < -0.3 is 14.5 Å². The van der Waals surface area contributed by atoms with Crippen molar-refractivity contribution in [3.05, 3.63) is 70.4 Å². The van der Waals surface area contributed by atoms with Crippen molar-refractivity contribution in [3.8, 4) is 22.8 Å². The Labute approximate surface area is 199 Å². The number of hydrogen-bond donors (Lipinski definition) is 1. The third-order valence-corrected chi connectivity index (χ3v) is 6.18. The molecule has 1 N–H and O–H groups in total. The van der Waals surface area contributed by atoms with Crippen molar-refractivity contribution in [1.29, 1.82) is 0 Å². The van der Waals surface area contributed by atoms with E-state index in [2.05, 4.69) is 15.0 Å². The highest BCUT2D eigenvalue weighted by Gasteiger charge is 2.27. The topological polar surface area (TPSA) is 116 Å². The smallest absolute Gasteiger partial charge is 0.328 e. The van der Waals surface area contributed by atoms with Gasteiger partial charge in [-0.3, -0.25) is 4.57 Å². The Kier molecular flexibility index (Phi) is 6.57. The quantitative estimate of drug-likeness (QED) is 0.392. The van der Waals surface area contributed by atoms with Crippen LogP contribution in [0, 0.1) is 11.6 Å². The molecular weight excluding hydrogens is 482 g/mol. The summed E-state index contributed by atoms with van der Waals surface area (Å²) in [6, 6.07) is 6.70. The van der Waals surface area contributed by atoms with Crippen molar-refractivity contribution in [1.82, 2.24) is 19.5 Å². The first-order valence-electron chi connectivity index (χ1n) is 10.5. The molecule has 1 atom stereocenters. The molecule has 0 amide bonds. The van der Waals surface area contributed by atoms with Gasteiger partial charge in [0.1, 0.15) is 21.5 Å².